The third kappa shape index (κ3) is 5.46. The monoisotopic (exact) mass is 419 g/mol. The van der Waals surface area contributed by atoms with Gasteiger partial charge in [0, 0.05) is 10.6 Å². The number of azide groups is 1. The Bertz CT molecular complexity index is 1110. The first-order chi connectivity index (χ1) is 15.0. The number of aromatic nitrogens is 3. The highest BCUT2D eigenvalue weighted by molar-refractivity contribution is 6.09. The average molecular weight is 419 g/mol. The van der Waals surface area contributed by atoms with Crippen molar-refractivity contribution in [2.75, 3.05) is 11.9 Å². The maximum absolute atomic E-state index is 13.0. The number of anilines is 1. The third-order valence-corrected chi connectivity index (χ3v) is 4.40. The van der Waals surface area contributed by atoms with Crippen LogP contribution in [0.1, 0.15) is 44.6 Å². The van der Waals surface area contributed by atoms with Gasteiger partial charge in [-0.05, 0) is 42.6 Å². The van der Waals surface area contributed by atoms with Crippen LogP contribution >= 0.6 is 0 Å². The standard InChI is InChI=1S/C21H21N7O3/c1-3-31-21(30)18-19(20(29)24-17-10-4-14(2)5-11-17)28(27-25-18)13-16-8-6-15(7-9-16)12-23-26-22/h4-11H,3,12-13H2,1-2H3,(H,24,29). The van der Waals surface area contributed by atoms with Crippen LogP contribution in [0.2, 0.25) is 0 Å². The maximum atomic E-state index is 13.0. The Labute approximate surface area is 178 Å². The van der Waals surface area contributed by atoms with Crippen LogP contribution in [0.25, 0.3) is 10.4 Å². The van der Waals surface area contributed by atoms with E-state index in [2.05, 4.69) is 25.7 Å². The van der Waals surface area contributed by atoms with E-state index >= 15 is 0 Å². The van der Waals surface area contributed by atoms with Crippen LogP contribution in [0.5, 0.6) is 0 Å². The number of amides is 1. The SMILES string of the molecule is CCOC(=O)c1nnn(Cc2ccc(CN=[N+]=[N-])cc2)c1C(=O)Nc1ccc(C)cc1. The van der Waals surface area contributed by atoms with E-state index in [1.165, 1.54) is 4.68 Å². The van der Waals surface area contributed by atoms with E-state index < -0.39 is 11.9 Å². The predicted molar refractivity (Wildman–Crippen MR) is 114 cm³/mol. The molecule has 0 saturated heterocycles. The van der Waals surface area contributed by atoms with Crippen molar-refractivity contribution in [3.05, 3.63) is 87.1 Å². The predicted octanol–water partition coefficient (Wildman–Crippen LogP) is 3.87. The molecule has 3 aromatic rings. The molecule has 0 aliphatic rings. The Hall–Kier alpha value is -4.17. The van der Waals surface area contributed by atoms with Crippen molar-refractivity contribution in [3.8, 4) is 0 Å². The second-order valence-electron chi connectivity index (χ2n) is 6.69. The van der Waals surface area contributed by atoms with Gasteiger partial charge in [-0.1, -0.05) is 52.3 Å². The number of ether oxygens (including phenoxy) is 1. The number of aryl methyl sites for hydroxylation is 1. The van der Waals surface area contributed by atoms with Crippen LogP contribution in [-0.4, -0.2) is 33.5 Å². The van der Waals surface area contributed by atoms with Crippen molar-refractivity contribution >= 4 is 17.6 Å². The maximum Gasteiger partial charge on any atom is 0.361 e. The minimum Gasteiger partial charge on any atom is -0.461 e. The molecule has 1 N–H and O–H groups in total. The Balaban J connectivity index is 1.89. The lowest BCUT2D eigenvalue weighted by Gasteiger charge is -2.10. The average Bonchev–Trinajstić information content (AvgIpc) is 3.19. The Morgan fingerprint density at radius 1 is 1.13 bits per heavy atom. The minimum atomic E-state index is -0.715. The molecule has 0 aliphatic heterocycles. The molecular formula is C21H21N7O3. The van der Waals surface area contributed by atoms with Gasteiger partial charge >= 0.3 is 5.97 Å². The number of nitrogens with one attached hydrogen (secondary N) is 1. The molecule has 0 radical (unpaired) electrons. The zero-order chi connectivity index (χ0) is 22.2. The highest BCUT2D eigenvalue weighted by Gasteiger charge is 2.26. The van der Waals surface area contributed by atoms with E-state index in [1.807, 2.05) is 43.3 Å². The molecule has 0 spiro atoms. The number of nitrogens with zero attached hydrogens (tertiary/aromatic N) is 6. The molecule has 1 heterocycles. The molecule has 0 bridgehead atoms. The van der Waals surface area contributed by atoms with E-state index in [0.717, 1.165) is 16.7 Å². The molecular weight excluding hydrogens is 398 g/mol. The molecule has 0 unspecified atom stereocenters. The summed E-state index contributed by atoms with van der Waals surface area (Å²) in [6, 6.07) is 14.6. The van der Waals surface area contributed by atoms with Gasteiger partial charge in [-0.25, -0.2) is 9.48 Å². The molecule has 158 valence electrons. The topological polar surface area (TPSA) is 135 Å². The van der Waals surface area contributed by atoms with Crippen LogP contribution in [0.15, 0.2) is 53.6 Å². The second kappa shape index (κ2) is 10.0. The van der Waals surface area contributed by atoms with Crippen molar-refractivity contribution in [1.29, 1.82) is 0 Å². The lowest BCUT2D eigenvalue weighted by molar-refractivity contribution is 0.0516. The third-order valence-electron chi connectivity index (χ3n) is 4.40. The van der Waals surface area contributed by atoms with Gasteiger partial charge in [-0.15, -0.1) is 5.10 Å². The fourth-order valence-corrected chi connectivity index (χ4v) is 2.85. The lowest BCUT2D eigenvalue weighted by atomic mass is 10.1. The van der Waals surface area contributed by atoms with E-state index in [9.17, 15) is 9.59 Å². The van der Waals surface area contributed by atoms with Gasteiger partial charge in [0.25, 0.3) is 5.91 Å². The summed E-state index contributed by atoms with van der Waals surface area (Å²) in [5.74, 6) is -1.23. The number of esters is 1. The van der Waals surface area contributed by atoms with Gasteiger partial charge in [0.15, 0.2) is 5.69 Å². The lowest BCUT2D eigenvalue weighted by Crippen LogP contribution is -2.22. The Morgan fingerprint density at radius 3 is 2.45 bits per heavy atom. The summed E-state index contributed by atoms with van der Waals surface area (Å²) in [6.07, 6.45) is 0. The molecule has 31 heavy (non-hydrogen) atoms. The first-order valence-corrected chi connectivity index (χ1v) is 9.59. The first-order valence-electron chi connectivity index (χ1n) is 9.59. The van der Waals surface area contributed by atoms with Crippen molar-refractivity contribution in [2.24, 2.45) is 5.11 Å². The first kappa shape index (κ1) is 21.5. The fourth-order valence-electron chi connectivity index (χ4n) is 2.85. The number of rotatable bonds is 8. The number of carbonyl (C=O) groups excluding carboxylic acids is 2. The van der Waals surface area contributed by atoms with Gasteiger partial charge in [0.2, 0.25) is 5.69 Å². The summed E-state index contributed by atoms with van der Waals surface area (Å²) in [6.45, 7) is 4.23. The minimum absolute atomic E-state index is 0.0113. The molecule has 0 aliphatic carbocycles. The van der Waals surface area contributed by atoms with E-state index in [4.69, 9.17) is 10.3 Å². The summed E-state index contributed by atoms with van der Waals surface area (Å²) in [5.41, 5.74) is 11.6. The Morgan fingerprint density at radius 2 is 1.81 bits per heavy atom. The second-order valence-corrected chi connectivity index (χ2v) is 6.69. The highest BCUT2D eigenvalue weighted by Crippen LogP contribution is 2.16. The number of benzene rings is 2. The number of hydrogen-bond acceptors (Lipinski definition) is 6. The molecule has 1 amide bonds. The zero-order valence-electron chi connectivity index (χ0n) is 17.1. The van der Waals surface area contributed by atoms with Gasteiger partial charge in [-0.2, -0.15) is 0 Å². The number of hydrogen-bond donors (Lipinski definition) is 1. The van der Waals surface area contributed by atoms with Crippen LogP contribution in [-0.2, 0) is 17.8 Å². The molecule has 10 heteroatoms. The van der Waals surface area contributed by atoms with Gasteiger partial charge in [-0.3, -0.25) is 4.79 Å². The zero-order valence-corrected chi connectivity index (χ0v) is 17.1. The molecule has 1 aromatic heterocycles. The summed E-state index contributed by atoms with van der Waals surface area (Å²) < 4.78 is 6.39. The van der Waals surface area contributed by atoms with Gasteiger partial charge in [0.05, 0.1) is 19.7 Å². The van der Waals surface area contributed by atoms with Gasteiger partial charge in [0.1, 0.15) is 0 Å². The summed E-state index contributed by atoms with van der Waals surface area (Å²) in [5, 5.41) is 14.2. The normalized spacial score (nSPS) is 10.3. The Kier molecular flexibility index (Phi) is 6.97. The van der Waals surface area contributed by atoms with E-state index in [0.29, 0.717) is 5.69 Å². The fraction of sp³-hybridized carbons (Fsp3) is 0.238. The van der Waals surface area contributed by atoms with Crippen LogP contribution < -0.4 is 5.32 Å². The smallest absolute Gasteiger partial charge is 0.361 e. The molecule has 2 aromatic carbocycles. The molecule has 0 atom stereocenters. The highest BCUT2D eigenvalue weighted by atomic mass is 16.5. The van der Waals surface area contributed by atoms with Crippen LogP contribution in [0, 0.1) is 6.92 Å². The molecule has 3 rings (SSSR count). The molecule has 10 nitrogen and oxygen atoms in total. The van der Waals surface area contributed by atoms with E-state index in [1.54, 1.807) is 19.1 Å². The largest absolute Gasteiger partial charge is 0.461 e. The van der Waals surface area contributed by atoms with E-state index in [-0.39, 0.29) is 31.1 Å². The summed E-state index contributed by atoms with van der Waals surface area (Å²) >= 11 is 0. The molecule has 0 fully saturated rings. The number of carbonyl (C=O) groups is 2. The van der Waals surface area contributed by atoms with Gasteiger partial charge < -0.3 is 10.1 Å². The summed E-state index contributed by atoms with van der Waals surface area (Å²) in [4.78, 5) is 28.1. The van der Waals surface area contributed by atoms with Crippen molar-refractivity contribution < 1.29 is 14.3 Å². The molecule has 0 saturated carbocycles. The van der Waals surface area contributed by atoms with Crippen LogP contribution in [0.4, 0.5) is 5.69 Å². The van der Waals surface area contributed by atoms with Crippen molar-refractivity contribution in [3.63, 3.8) is 0 Å². The van der Waals surface area contributed by atoms with Crippen molar-refractivity contribution in [2.45, 2.75) is 26.9 Å². The van der Waals surface area contributed by atoms with Crippen LogP contribution in [0.3, 0.4) is 0 Å². The summed E-state index contributed by atoms with van der Waals surface area (Å²) in [7, 11) is 0. The quantitative estimate of drug-likeness (QED) is 0.256. The van der Waals surface area contributed by atoms with Crippen molar-refractivity contribution in [1.82, 2.24) is 15.0 Å².